The van der Waals surface area contributed by atoms with Crippen LogP contribution < -0.4 is 0 Å². The third kappa shape index (κ3) is 6.84. The zero-order chi connectivity index (χ0) is 21.6. The second-order valence-electron chi connectivity index (χ2n) is 9.34. The van der Waals surface area contributed by atoms with E-state index in [-0.39, 0.29) is 29.9 Å². The van der Waals surface area contributed by atoms with E-state index in [0.29, 0.717) is 18.9 Å². The molecule has 0 aliphatic carbocycles. The van der Waals surface area contributed by atoms with E-state index in [1.807, 2.05) is 45.9 Å². The molecular formula is C24H37NO4. The number of hydrogen-bond acceptors (Lipinski definition) is 4. The number of aryl methyl sites for hydroxylation is 1. The van der Waals surface area contributed by atoms with Gasteiger partial charge in [0.1, 0.15) is 11.4 Å². The first kappa shape index (κ1) is 23.4. The molecule has 0 N–H and O–H groups in total. The minimum absolute atomic E-state index is 0.141. The van der Waals surface area contributed by atoms with Crippen LogP contribution in [0.3, 0.4) is 0 Å². The van der Waals surface area contributed by atoms with Crippen LogP contribution in [-0.4, -0.2) is 48.2 Å². The number of amides is 1. The van der Waals surface area contributed by atoms with Gasteiger partial charge in [-0.15, -0.1) is 0 Å². The summed E-state index contributed by atoms with van der Waals surface area (Å²) in [6.07, 6.45) is 2.40. The second kappa shape index (κ2) is 10.2. The first-order valence-corrected chi connectivity index (χ1v) is 10.7. The number of ether oxygens (including phenoxy) is 2. The molecule has 5 nitrogen and oxygen atoms in total. The lowest BCUT2D eigenvalue weighted by Crippen LogP contribution is -2.49. The van der Waals surface area contributed by atoms with Crippen molar-refractivity contribution in [2.75, 3.05) is 13.7 Å². The van der Waals surface area contributed by atoms with Gasteiger partial charge in [0.25, 0.3) is 0 Å². The SMILES string of the molecule is CO[C@@H](C1C[C@@H](C)CN1C(=O)OC(C)(C)C)[C@@H](C)C(=O)CCCc1ccccc1. The van der Waals surface area contributed by atoms with Crippen LogP contribution >= 0.6 is 0 Å². The summed E-state index contributed by atoms with van der Waals surface area (Å²) >= 11 is 0. The van der Waals surface area contributed by atoms with Crippen LogP contribution in [0.15, 0.2) is 30.3 Å². The number of hydrogen-bond donors (Lipinski definition) is 0. The number of methoxy groups -OCH3 is 1. The van der Waals surface area contributed by atoms with E-state index in [1.165, 1.54) is 5.56 Å². The average molecular weight is 404 g/mol. The molecule has 1 aromatic carbocycles. The molecule has 4 atom stereocenters. The number of rotatable bonds is 8. The third-order valence-electron chi connectivity index (χ3n) is 5.56. The van der Waals surface area contributed by atoms with Gasteiger partial charge >= 0.3 is 6.09 Å². The predicted molar refractivity (Wildman–Crippen MR) is 115 cm³/mol. The zero-order valence-corrected chi connectivity index (χ0v) is 18.8. The third-order valence-corrected chi connectivity index (χ3v) is 5.56. The van der Waals surface area contributed by atoms with Gasteiger partial charge in [-0.3, -0.25) is 4.79 Å². The molecule has 1 saturated heterocycles. The molecule has 1 aliphatic rings. The predicted octanol–water partition coefficient (Wildman–Crippen LogP) is 4.88. The normalized spacial score (nSPS) is 21.7. The van der Waals surface area contributed by atoms with Gasteiger partial charge in [-0.2, -0.15) is 0 Å². The Balaban J connectivity index is 1.99. The van der Waals surface area contributed by atoms with Crippen molar-refractivity contribution in [3.63, 3.8) is 0 Å². The van der Waals surface area contributed by atoms with Crippen LogP contribution in [0.5, 0.6) is 0 Å². The Kier molecular flexibility index (Phi) is 8.26. The Morgan fingerprint density at radius 1 is 1.21 bits per heavy atom. The second-order valence-corrected chi connectivity index (χ2v) is 9.34. The Hall–Kier alpha value is -1.88. The molecule has 1 amide bonds. The summed E-state index contributed by atoms with van der Waals surface area (Å²) in [5.41, 5.74) is 0.700. The van der Waals surface area contributed by atoms with Gasteiger partial charge in [0.2, 0.25) is 0 Å². The maximum atomic E-state index is 12.9. The molecule has 29 heavy (non-hydrogen) atoms. The lowest BCUT2D eigenvalue weighted by molar-refractivity contribution is -0.128. The number of nitrogens with zero attached hydrogens (tertiary/aromatic N) is 1. The van der Waals surface area contributed by atoms with E-state index in [9.17, 15) is 9.59 Å². The van der Waals surface area contributed by atoms with Crippen LogP contribution in [-0.2, 0) is 20.7 Å². The fourth-order valence-corrected chi connectivity index (χ4v) is 4.14. The van der Waals surface area contributed by atoms with Gasteiger partial charge in [-0.1, -0.05) is 44.2 Å². The standard InChI is InChI=1S/C24H37NO4/c1-17-15-20(25(16-17)23(27)29-24(3,4)5)22(28-6)18(2)21(26)14-10-13-19-11-8-7-9-12-19/h7-9,11-12,17-18,20,22H,10,13-16H2,1-6H3/t17-,18+,20?,22-/m1/s1. The number of benzene rings is 1. The number of carbonyl (C=O) groups excluding carboxylic acids is 2. The van der Waals surface area contributed by atoms with Crippen molar-refractivity contribution < 1.29 is 19.1 Å². The minimum Gasteiger partial charge on any atom is -0.444 e. The molecule has 0 saturated carbocycles. The van der Waals surface area contributed by atoms with Crippen LogP contribution in [0.1, 0.15) is 59.4 Å². The number of Topliss-reactive ketones (excluding diaryl/α,β-unsaturated/α-hetero) is 1. The molecule has 0 spiro atoms. The molecule has 1 aliphatic heterocycles. The van der Waals surface area contributed by atoms with Gasteiger partial charge in [-0.05, 0) is 51.5 Å². The number of carbonyl (C=O) groups is 2. The summed E-state index contributed by atoms with van der Waals surface area (Å²) in [6, 6.07) is 10.1. The van der Waals surface area contributed by atoms with Crippen molar-refractivity contribution in [1.29, 1.82) is 0 Å². The quantitative estimate of drug-likeness (QED) is 0.621. The molecule has 1 unspecified atom stereocenters. The van der Waals surface area contributed by atoms with Gasteiger partial charge in [0.15, 0.2) is 0 Å². The summed E-state index contributed by atoms with van der Waals surface area (Å²) in [5, 5.41) is 0. The van der Waals surface area contributed by atoms with Gasteiger partial charge in [0.05, 0.1) is 12.1 Å². The molecular weight excluding hydrogens is 366 g/mol. The molecule has 0 bridgehead atoms. The Labute approximate surface area is 175 Å². The lowest BCUT2D eigenvalue weighted by Gasteiger charge is -2.34. The molecule has 1 heterocycles. The fourth-order valence-electron chi connectivity index (χ4n) is 4.14. The average Bonchev–Trinajstić information content (AvgIpc) is 3.03. The maximum Gasteiger partial charge on any atom is 0.410 e. The highest BCUT2D eigenvalue weighted by Crippen LogP contribution is 2.31. The van der Waals surface area contributed by atoms with Crippen molar-refractivity contribution in [2.24, 2.45) is 11.8 Å². The molecule has 1 aromatic rings. The summed E-state index contributed by atoms with van der Waals surface area (Å²) in [6.45, 7) is 10.3. The summed E-state index contributed by atoms with van der Waals surface area (Å²) in [4.78, 5) is 27.3. The monoisotopic (exact) mass is 403 g/mol. The Morgan fingerprint density at radius 3 is 2.45 bits per heavy atom. The van der Waals surface area contributed by atoms with Crippen molar-refractivity contribution in [3.8, 4) is 0 Å². The summed E-state index contributed by atoms with van der Waals surface area (Å²) < 4.78 is 11.4. The van der Waals surface area contributed by atoms with Crippen molar-refractivity contribution >= 4 is 11.9 Å². The van der Waals surface area contributed by atoms with Crippen LogP contribution in [0.2, 0.25) is 0 Å². The van der Waals surface area contributed by atoms with Crippen LogP contribution in [0.4, 0.5) is 4.79 Å². The molecule has 0 radical (unpaired) electrons. The molecule has 0 aromatic heterocycles. The highest BCUT2D eigenvalue weighted by Gasteiger charge is 2.43. The van der Waals surface area contributed by atoms with E-state index in [2.05, 4.69) is 19.1 Å². The molecule has 5 heteroatoms. The number of ketones is 1. The van der Waals surface area contributed by atoms with E-state index in [4.69, 9.17) is 9.47 Å². The fraction of sp³-hybridized carbons (Fsp3) is 0.667. The maximum absolute atomic E-state index is 12.9. The minimum atomic E-state index is -0.547. The topological polar surface area (TPSA) is 55.8 Å². The summed E-state index contributed by atoms with van der Waals surface area (Å²) in [7, 11) is 1.63. The van der Waals surface area contributed by atoms with E-state index >= 15 is 0 Å². The smallest absolute Gasteiger partial charge is 0.410 e. The lowest BCUT2D eigenvalue weighted by atomic mass is 9.89. The molecule has 2 rings (SSSR count). The Morgan fingerprint density at radius 2 is 1.86 bits per heavy atom. The first-order chi connectivity index (χ1) is 13.6. The Bertz CT molecular complexity index is 667. The number of likely N-dealkylation sites (tertiary alicyclic amines) is 1. The van der Waals surface area contributed by atoms with E-state index < -0.39 is 5.60 Å². The van der Waals surface area contributed by atoms with Crippen molar-refractivity contribution in [2.45, 2.75) is 78.0 Å². The highest BCUT2D eigenvalue weighted by atomic mass is 16.6. The van der Waals surface area contributed by atoms with Crippen molar-refractivity contribution in [1.82, 2.24) is 4.90 Å². The highest BCUT2D eigenvalue weighted by molar-refractivity contribution is 5.81. The van der Waals surface area contributed by atoms with E-state index in [1.54, 1.807) is 12.0 Å². The van der Waals surface area contributed by atoms with Gasteiger partial charge in [0, 0.05) is 26.0 Å². The van der Waals surface area contributed by atoms with Gasteiger partial charge < -0.3 is 14.4 Å². The molecule has 162 valence electrons. The van der Waals surface area contributed by atoms with Crippen LogP contribution in [0, 0.1) is 11.8 Å². The van der Waals surface area contributed by atoms with E-state index in [0.717, 1.165) is 19.3 Å². The summed E-state index contributed by atoms with van der Waals surface area (Å²) in [5.74, 6) is 0.276. The largest absolute Gasteiger partial charge is 0.444 e. The first-order valence-electron chi connectivity index (χ1n) is 10.7. The molecule has 1 fully saturated rings. The van der Waals surface area contributed by atoms with Crippen LogP contribution in [0.25, 0.3) is 0 Å². The van der Waals surface area contributed by atoms with Crippen molar-refractivity contribution in [3.05, 3.63) is 35.9 Å². The van der Waals surface area contributed by atoms with Gasteiger partial charge in [-0.25, -0.2) is 4.79 Å². The zero-order valence-electron chi connectivity index (χ0n) is 18.8.